The monoisotopic (exact) mass is 444 g/mol. The minimum absolute atomic E-state index is 0.0446. The van der Waals surface area contributed by atoms with E-state index in [0.29, 0.717) is 23.5 Å². The topological polar surface area (TPSA) is 81.8 Å². The van der Waals surface area contributed by atoms with E-state index in [2.05, 4.69) is 10.6 Å². The summed E-state index contributed by atoms with van der Waals surface area (Å²) in [4.78, 5) is 40.1. The summed E-state index contributed by atoms with van der Waals surface area (Å²) >= 11 is 0. The minimum Gasteiger partial charge on any atom is -0.376 e. The van der Waals surface area contributed by atoms with E-state index in [1.807, 2.05) is 43.3 Å². The largest absolute Gasteiger partial charge is 0.376 e. The van der Waals surface area contributed by atoms with Crippen LogP contribution in [0, 0.1) is 0 Å². The minimum atomic E-state index is -0.223. The van der Waals surface area contributed by atoms with Crippen molar-refractivity contribution >= 4 is 40.5 Å². The maximum atomic E-state index is 13.0. The number of carbonyl (C=O) groups excluding carboxylic acids is 3. The van der Waals surface area contributed by atoms with Crippen molar-refractivity contribution in [2.75, 3.05) is 40.6 Å². The van der Waals surface area contributed by atoms with Crippen molar-refractivity contribution in [3.05, 3.63) is 84.4 Å². The Morgan fingerprint density at radius 1 is 0.818 bits per heavy atom. The molecule has 0 aliphatic carbocycles. The van der Waals surface area contributed by atoms with E-state index >= 15 is 0 Å². The van der Waals surface area contributed by atoms with Crippen molar-refractivity contribution < 1.29 is 14.4 Å². The molecule has 0 heterocycles. The third kappa shape index (κ3) is 6.20. The van der Waals surface area contributed by atoms with Crippen molar-refractivity contribution in [1.29, 1.82) is 0 Å². The number of hydrogen-bond donors (Lipinski definition) is 2. The van der Waals surface area contributed by atoms with Crippen LogP contribution in [0.1, 0.15) is 24.2 Å². The van der Waals surface area contributed by atoms with E-state index in [1.54, 1.807) is 54.4 Å². The van der Waals surface area contributed by atoms with Crippen molar-refractivity contribution in [3.63, 3.8) is 0 Å². The maximum absolute atomic E-state index is 13.0. The second-order valence-corrected chi connectivity index (χ2v) is 7.49. The Morgan fingerprint density at radius 3 is 2.15 bits per heavy atom. The molecule has 0 atom stereocenters. The Bertz CT molecular complexity index is 1110. The smallest absolute Gasteiger partial charge is 0.258 e. The Balaban J connectivity index is 1.59. The summed E-state index contributed by atoms with van der Waals surface area (Å²) in [6.07, 6.45) is 0. The lowest BCUT2D eigenvalue weighted by Gasteiger charge is -2.21. The van der Waals surface area contributed by atoms with E-state index in [0.717, 1.165) is 11.4 Å². The number of nitrogens with one attached hydrogen (secondary N) is 2. The molecule has 3 aromatic rings. The van der Waals surface area contributed by atoms with Gasteiger partial charge in [0.15, 0.2) is 0 Å². The zero-order chi connectivity index (χ0) is 23.8. The first kappa shape index (κ1) is 23.5. The van der Waals surface area contributed by atoms with E-state index in [4.69, 9.17) is 0 Å². The summed E-state index contributed by atoms with van der Waals surface area (Å²) < 4.78 is 0. The Morgan fingerprint density at radius 2 is 1.52 bits per heavy atom. The summed E-state index contributed by atoms with van der Waals surface area (Å²) in [5.74, 6) is -0.395. The van der Waals surface area contributed by atoms with Gasteiger partial charge in [0.05, 0.1) is 6.54 Å². The molecule has 170 valence electrons. The van der Waals surface area contributed by atoms with Crippen LogP contribution in [0.3, 0.4) is 0 Å². The molecular weight excluding hydrogens is 416 g/mol. The standard InChI is InChI=1S/C26H28N4O3/c1-4-30(24-11-6-5-7-12-24)26(33)20-9-8-10-22(17-20)27-18-25(32)28-21-13-15-23(16-14-21)29(3)19(2)31/h5-17,27H,4,18H2,1-3H3,(H,28,32). The molecule has 2 N–H and O–H groups in total. The van der Waals surface area contributed by atoms with Crippen LogP contribution >= 0.6 is 0 Å². The van der Waals surface area contributed by atoms with Crippen LogP contribution < -0.4 is 20.4 Å². The SMILES string of the molecule is CCN(C(=O)c1cccc(NCC(=O)Nc2ccc(N(C)C(C)=O)cc2)c1)c1ccccc1. The quantitative estimate of drug-likeness (QED) is 0.540. The fourth-order valence-corrected chi connectivity index (χ4v) is 3.31. The highest BCUT2D eigenvalue weighted by Gasteiger charge is 2.16. The Hall–Kier alpha value is -4.13. The van der Waals surface area contributed by atoms with Gasteiger partial charge in [-0.2, -0.15) is 0 Å². The number of amides is 3. The van der Waals surface area contributed by atoms with Crippen LogP contribution in [0.15, 0.2) is 78.9 Å². The van der Waals surface area contributed by atoms with Crippen molar-refractivity contribution in [2.45, 2.75) is 13.8 Å². The van der Waals surface area contributed by atoms with Crippen molar-refractivity contribution in [3.8, 4) is 0 Å². The first-order chi connectivity index (χ1) is 15.9. The van der Waals surface area contributed by atoms with Crippen LogP contribution in [-0.2, 0) is 9.59 Å². The molecule has 0 unspecified atom stereocenters. The van der Waals surface area contributed by atoms with Crippen LogP contribution in [0.2, 0.25) is 0 Å². The molecule has 3 rings (SSSR count). The molecule has 7 nitrogen and oxygen atoms in total. The van der Waals surface area contributed by atoms with E-state index in [9.17, 15) is 14.4 Å². The number of carbonyl (C=O) groups is 3. The van der Waals surface area contributed by atoms with Crippen LogP contribution in [0.4, 0.5) is 22.7 Å². The Kier molecular flexibility index (Phi) is 7.81. The molecule has 0 aliphatic heterocycles. The third-order valence-corrected chi connectivity index (χ3v) is 5.20. The lowest BCUT2D eigenvalue weighted by molar-refractivity contribution is -0.116. The molecule has 3 amide bonds. The molecule has 0 aliphatic rings. The van der Waals surface area contributed by atoms with Gasteiger partial charge in [-0.25, -0.2) is 0 Å². The van der Waals surface area contributed by atoms with Crippen LogP contribution in [-0.4, -0.2) is 37.9 Å². The molecule has 0 saturated carbocycles. The second kappa shape index (κ2) is 10.9. The highest BCUT2D eigenvalue weighted by Crippen LogP contribution is 2.19. The summed E-state index contributed by atoms with van der Waals surface area (Å²) in [5.41, 5.74) is 3.43. The van der Waals surface area contributed by atoms with Gasteiger partial charge >= 0.3 is 0 Å². The Labute approximate surface area is 194 Å². The number of nitrogens with zero attached hydrogens (tertiary/aromatic N) is 2. The van der Waals surface area contributed by atoms with E-state index < -0.39 is 0 Å². The summed E-state index contributed by atoms with van der Waals surface area (Å²) in [7, 11) is 1.69. The number of benzene rings is 3. The van der Waals surface area contributed by atoms with E-state index in [-0.39, 0.29) is 24.3 Å². The highest BCUT2D eigenvalue weighted by atomic mass is 16.2. The maximum Gasteiger partial charge on any atom is 0.258 e. The lowest BCUT2D eigenvalue weighted by Crippen LogP contribution is -2.30. The van der Waals surface area contributed by atoms with Gasteiger partial charge in [0.25, 0.3) is 5.91 Å². The lowest BCUT2D eigenvalue weighted by atomic mass is 10.1. The fourth-order valence-electron chi connectivity index (χ4n) is 3.31. The predicted molar refractivity (Wildman–Crippen MR) is 133 cm³/mol. The molecule has 0 radical (unpaired) electrons. The number of hydrogen-bond acceptors (Lipinski definition) is 4. The number of para-hydroxylation sites is 1. The zero-order valence-electron chi connectivity index (χ0n) is 19.0. The van der Waals surface area contributed by atoms with E-state index in [1.165, 1.54) is 11.8 Å². The van der Waals surface area contributed by atoms with Crippen molar-refractivity contribution in [1.82, 2.24) is 0 Å². The highest BCUT2D eigenvalue weighted by molar-refractivity contribution is 6.06. The normalized spacial score (nSPS) is 10.3. The third-order valence-electron chi connectivity index (χ3n) is 5.20. The summed E-state index contributed by atoms with van der Waals surface area (Å²) in [5, 5.41) is 5.88. The van der Waals surface area contributed by atoms with Gasteiger partial charge in [-0.05, 0) is 61.5 Å². The fraction of sp³-hybridized carbons (Fsp3) is 0.192. The van der Waals surface area contributed by atoms with Crippen LogP contribution in [0.25, 0.3) is 0 Å². The first-order valence-corrected chi connectivity index (χ1v) is 10.7. The van der Waals surface area contributed by atoms with Gasteiger partial charge in [-0.1, -0.05) is 24.3 Å². The van der Waals surface area contributed by atoms with Gasteiger partial charge in [-0.15, -0.1) is 0 Å². The average molecular weight is 445 g/mol. The summed E-state index contributed by atoms with van der Waals surface area (Å²) in [6, 6.07) is 23.7. The summed E-state index contributed by atoms with van der Waals surface area (Å²) in [6.45, 7) is 4.01. The number of anilines is 4. The van der Waals surface area contributed by atoms with Crippen LogP contribution in [0.5, 0.6) is 0 Å². The molecule has 0 bridgehead atoms. The van der Waals surface area contributed by atoms with Gasteiger partial charge < -0.3 is 20.4 Å². The molecule has 0 spiro atoms. The molecule has 33 heavy (non-hydrogen) atoms. The molecule has 0 fully saturated rings. The molecule has 3 aromatic carbocycles. The van der Waals surface area contributed by atoms with Gasteiger partial charge in [0.1, 0.15) is 0 Å². The molecular formula is C26H28N4O3. The van der Waals surface area contributed by atoms with Gasteiger partial charge in [0, 0.05) is 48.8 Å². The predicted octanol–water partition coefficient (Wildman–Crippen LogP) is 4.39. The second-order valence-electron chi connectivity index (χ2n) is 7.49. The molecule has 0 saturated heterocycles. The zero-order valence-corrected chi connectivity index (χ0v) is 19.0. The number of rotatable bonds is 8. The molecule has 7 heteroatoms. The van der Waals surface area contributed by atoms with Crippen molar-refractivity contribution in [2.24, 2.45) is 0 Å². The van der Waals surface area contributed by atoms with Gasteiger partial charge in [0.2, 0.25) is 11.8 Å². The average Bonchev–Trinajstić information content (AvgIpc) is 2.84. The van der Waals surface area contributed by atoms with Gasteiger partial charge in [-0.3, -0.25) is 14.4 Å². The molecule has 0 aromatic heterocycles. The first-order valence-electron chi connectivity index (χ1n) is 10.7.